The number of hydrogen-bond acceptors (Lipinski definition) is 2. The molecule has 4 heteroatoms. The topological polar surface area (TPSA) is 40.5 Å². The minimum absolute atomic E-state index is 0.210. The number of anilines is 1. The molecule has 1 aromatic carbocycles. The van der Waals surface area contributed by atoms with Crippen LogP contribution in [0.4, 0.5) is 5.69 Å². The summed E-state index contributed by atoms with van der Waals surface area (Å²) in [5, 5.41) is 8.63. The first kappa shape index (κ1) is 13.0. The van der Waals surface area contributed by atoms with Crippen molar-refractivity contribution in [1.29, 1.82) is 0 Å². The van der Waals surface area contributed by atoms with Gasteiger partial charge >= 0.3 is 5.97 Å². The molecule has 1 N–H and O–H groups in total. The lowest BCUT2D eigenvalue weighted by atomic mass is 10.1. The van der Waals surface area contributed by atoms with E-state index in [4.69, 9.17) is 5.11 Å². The van der Waals surface area contributed by atoms with E-state index in [2.05, 4.69) is 20.8 Å². The second-order valence-electron chi connectivity index (χ2n) is 3.87. The summed E-state index contributed by atoms with van der Waals surface area (Å²) in [6.45, 7) is 2.03. The Hall–Kier alpha value is -1.03. The van der Waals surface area contributed by atoms with Crippen molar-refractivity contribution in [3.63, 3.8) is 0 Å². The predicted molar refractivity (Wildman–Crippen MR) is 68.9 cm³/mol. The van der Waals surface area contributed by atoms with Crippen LogP contribution in [0.5, 0.6) is 0 Å². The van der Waals surface area contributed by atoms with E-state index >= 15 is 0 Å². The first-order chi connectivity index (χ1) is 7.50. The van der Waals surface area contributed by atoms with Crippen LogP contribution in [0.2, 0.25) is 0 Å². The third-order valence-corrected chi connectivity index (χ3v) is 3.20. The van der Waals surface area contributed by atoms with E-state index in [0.29, 0.717) is 6.42 Å². The Bertz CT molecular complexity index is 351. The van der Waals surface area contributed by atoms with Gasteiger partial charge in [0.05, 0.1) is 0 Å². The highest BCUT2D eigenvalue weighted by Crippen LogP contribution is 2.20. The molecule has 0 aliphatic carbocycles. The van der Waals surface area contributed by atoms with Crippen molar-refractivity contribution in [3.05, 3.63) is 28.7 Å². The number of halogens is 1. The summed E-state index contributed by atoms with van der Waals surface area (Å²) in [5.74, 6) is -0.740. The number of benzene rings is 1. The van der Waals surface area contributed by atoms with Gasteiger partial charge in [0.25, 0.3) is 0 Å². The lowest BCUT2D eigenvalue weighted by Crippen LogP contribution is -2.29. The van der Waals surface area contributed by atoms with Gasteiger partial charge in [0.15, 0.2) is 0 Å². The Balaban J connectivity index is 2.59. The van der Waals surface area contributed by atoms with E-state index in [0.717, 1.165) is 10.2 Å². The number of carboxylic acid groups (broad SMARTS) is 1. The van der Waals surface area contributed by atoms with E-state index in [-0.39, 0.29) is 12.5 Å². The molecule has 0 radical (unpaired) electrons. The lowest BCUT2D eigenvalue weighted by molar-refractivity contribution is -0.137. The van der Waals surface area contributed by atoms with E-state index in [1.165, 1.54) is 0 Å². The van der Waals surface area contributed by atoms with Crippen molar-refractivity contribution in [2.24, 2.45) is 0 Å². The van der Waals surface area contributed by atoms with E-state index in [1.807, 2.05) is 38.2 Å². The molecule has 0 aliphatic heterocycles. The van der Waals surface area contributed by atoms with Crippen LogP contribution in [0.15, 0.2) is 28.7 Å². The Morgan fingerprint density at radius 2 is 2.00 bits per heavy atom. The molecule has 0 saturated carbocycles. The number of aliphatic carboxylic acids is 1. The van der Waals surface area contributed by atoms with Gasteiger partial charge < -0.3 is 10.0 Å². The van der Waals surface area contributed by atoms with Gasteiger partial charge in [0.1, 0.15) is 0 Å². The zero-order valence-electron chi connectivity index (χ0n) is 9.48. The van der Waals surface area contributed by atoms with Gasteiger partial charge in [0.2, 0.25) is 0 Å². The maximum Gasteiger partial charge on any atom is 0.303 e. The van der Waals surface area contributed by atoms with Crippen molar-refractivity contribution in [2.75, 3.05) is 11.9 Å². The van der Waals surface area contributed by atoms with Crippen LogP contribution in [-0.4, -0.2) is 24.2 Å². The quantitative estimate of drug-likeness (QED) is 0.904. The molecule has 0 heterocycles. The van der Waals surface area contributed by atoms with Crippen LogP contribution < -0.4 is 4.90 Å². The van der Waals surface area contributed by atoms with Crippen molar-refractivity contribution >= 4 is 27.6 Å². The molecular weight excluding hydrogens is 270 g/mol. The standard InChI is InChI=1S/C12H16BrNO2/c1-9(3-8-12(15)16)14(2)11-6-4-10(13)5-7-11/h4-7,9H,3,8H2,1-2H3,(H,15,16). The average molecular weight is 286 g/mol. The third-order valence-electron chi connectivity index (χ3n) is 2.67. The lowest BCUT2D eigenvalue weighted by Gasteiger charge is -2.26. The second-order valence-corrected chi connectivity index (χ2v) is 4.78. The number of rotatable bonds is 5. The number of hydrogen-bond donors (Lipinski definition) is 1. The molecule has 16 heavy (non-hydrogen) atoms. The first-order valence-corrected chi connectivity index (χ1v) is 6.00. The molecule has 0 amide bonds. The highest BCUT2D eigenvalue weighted by Gasteiger charge is 2.11. The van der Waals surface area contributed by atoms with E-state index in [9.17, 15) is 4.79 Å². The third kappa shape index (κ3) is 3.85. The zero-order valence-corrected chi connectivity index (χ0v) is 11.1. The summed E-state index contributed by atoms with van der Waals surface area (Å²) >= 11 is 3.39. The fourth-order valence-electron chi connectivity index (χ4n) is 1.46. The highest BCUT2D eigenvalue weighted by molar-refractivity contribution is 9.10. The van der Waals surface area contributed by atoms with Crippen molar-refractivity contribution in [1.82, 2.24) is 0 Å². The van der Waals surface area contributed by atoms with Gasteiger partial charge in [-0.25, -0.2) is 0 Å². The molecule has 0 bridgehead atoms. The van der Waals surface area contributed by atoms with Crippen LogP contribution in [0.25, 0.3) is 0 Å². The summed E-state index contributed by atoms with van der Waals surface area (Å²) in [6.07, 6.45) is 0.865. The second kappa shape index (κ2) is 5.89. The van der Waals surface area contributed by atoms with Crippen LogP contribution >= 0.6 is 15.9 Å². The Morgan fingerprint density at radius 1 is 1.44 bits per heavy atom. The fraction of sp³-hybridized carbons (Fsp3) is 0.417. The molecule has 88 valence electrons. The zero-order chi connectivity index (χ0) is 12.1. The summed E-state index contributed by atoms with van der Waals surface area (Å²) in [5.41, 5.74) is 1.10. The van der Waals surface area contributed by atoms with Gasteiger partial charge in [0, 0.05) is 29.7 Å². The summed E-state index contributed by atoms with van der Waals surface area (Å²) in [4.78, 5) is 12.6. The molecular formula is C12H16BrNO2. The summed E-state index contributed by atoms with van der Waals surface area (Å²) in [7, 11) is 1.98. The molecule has 3 nitrogen and oxygen atoms in total. The number of nitrogens with zero attached hydrogens (tertiary/aromatic N) is 1. The predicted octanol–water partition coefficient (Wildman–Crippen LogP) is 3.14. The van der Waals surface area contributed by atoms with Crippen LogP contribution in [0.3, 0.4) is 0 Å². The molecule has 1 unspecified atom stereocenters. The van der Waals surface area contributed by atoms with Crippen LogP contribution in [0, 0.1) is 0 Å². The first-order valence-electron chi connectivity index (χ1n) is 5.21. The smallest absolute Gasteiger partial charge is 0.303 e. The molecule has 0 aromatic heterocycles. The molecule has 1 aromatic rings. The van der Waals surface area contributed by atoms with Gasteiger partial charge in [-0.3, -0.25) is 4.79 Å². The minimum Gasteiger partial charge on any atom is -0.481 e. The van der Waals surface area contributed by atoms with Gasteiger partial charge in [-0.15, -0.1) is 0 Å². The molecule has 0 fully saturated rings. The summed E-state index contributed by atoms with van der Waals surface area (Å²) < 4.78 is 1.04. The number of carboxylic acids is 1. The average Bonchev–Trinajstić information content (AvgIpc) is 2.26. The van der Waals surface area contributed by atoms with Gasteiger partial charge in [-0.2, -0.15) is 0 Å². The van der Waals surface area contributed by atoms with E-state index < -0.39 is 5.97 Å². The minimum atomic E-state index is -0.740. The molecule has 0 aliphatic rings. The van der Waals surface area contributed by atoms with Crippen molar-refractivity contribution < 1.29 is 9.90 Å². The normalized spacial score (nSPS) is 12.2. The molecule has 1 atom stereocenters. The Labute approximate surface area is 104 Å². The fourth-order valence-corrected chi connectivity index (χ4v) is 1.72. The molecule has 0 spiro atoms. The maximum atomic E-state index is 10.5. The van der Waals surface area contributed by atoms with E-state index in [1.54, 1.807) is 0 Å². The SMILES string of the molecule is CC(CCC(=O)O)N(C)c1ccc(Br)cc1. The van der Waals surface area contributed by atoms with Gasteiger partial charge in [-0.1, -0.05) is 15.9 Å². The van der Waals surface area contributed by atoms with Gasteiger partial charge in [-0.05, 0) is 37.6 Å². The van der Waals surface area contributed by atoms with Crippen LogP contribution in [0.1, 0.15) is 19.8 Å². The highest BCUT2D eigenvalue weighted by atomic mass is 79.9. The Kier molecular flexibility index (Phi) is 4.80. The summed E-state index contributed by atoms with van der Waals surface area (Å²) in [6, 6.07) is 8.21. The van der Waals surface area contributed by atoms with Crippen molar-refractivity contribution in [2.45, 2.75) is 25.8 Å². The Morgan fingerprint density at radius 3 is 2.50 bits per heavy atom. The molecule has 0 saturated heterocycles. The monoisotopic (exact) mass is 285 g/mol. The maximum absolute atomic E-state index is 10.5. The number of carbonyl (C=O) groups is 1. The van der Waals surface area contributed by atoms with Crippen molar-refractivity contribution in [3.8, 4) is 0 Å². The molecule has 1 rings (SSSR count). The van der Waals surface area contributed by atoms with Crippen LogP contribution in [-0.2, 0) is 4.79 Å². The largest absolute Gasteiger partial charge is 0.481 e.